The Bertz CT molecular complexity index is 431. The van der Waals surface area contributed by atoms with Crippen LogP contribution in [0.3, 0.4) is 0 Å². The smallest absolute Gasteiger partial charge is 0.389 e. The topological polar surface area (TPSA) is 61.7 Å². The van der Waals surface area contributed by atoms with Crippen molar-refractivity contribution in [3.8, 4) is 0 Å². The lowest BCUT2D eigenvalue weighted by Gasteiger charge is -2.17. The summed E-state index contributed by atoms with van der Waals surface area (Å²) < 4.78 is 41.3. The Hall–Kier alpha value is -0.860. The molecule has 0 aliphatic rings. The summed E-state index contributed by atoms with van der Waals surface area (Å²) in [7, 11) is 0. The fourth-order valence-corrected chi connectivity index (χ4v) is 1.67. The fourth-order valence-electron chi connectivity index (χ4n) is 1.48. The van der Waals surface area contributed by atoms with Gasteiger partial charge >= 0.3 is 6.18 Å². The molecule has 0 heterocycles. The quantitative estimate of drug-likeness (QED) is 0.680. The number of nitrogens with one attached hydrogen (secondary N) is 1. The summed E-state index contributed by atoms with van der Waals surface area (Å²) in [6, 6.07) is 7.04. The number of halogens is 4. The highest BCUT2D eigenvalue weighted by atomic mass is 35.5. The molecule has 0 spiro atoms. The Labute approximate surface area is 125 Å². The SMILES string of the molecule is OC(CNCC(O)C(F)(F)F)COCc1ccccc1Cl. The number of ether oxygens (including phenoxy) is 1. The van der Waals surface area contributed by atoms with Gasteiger partial charge in [0.2, 0.25) is 0 Å². The van der Waals surface area contributed by atoms with Crippen LogP contribution in [0, 0.1) is 0 Å². The van der Waals surface area contributed by atoms with Gasteiger partial charge in [-0.1, -0.05) is 29.8 Å². The lowest BCUT2D eigenvalue weighted by Crippen LogP contribution is -2.41. The molecule has 21 heavy (non-hydrogen) atoms. The summed E-state index contributed by atoms with van der Waals surface area (Å²) in [6.45, 7) is -0.650. The maximum absolute atomic E-state index is 12.0. The van der Waals surface area contributed by atoms with Crippen molar-refractivity contribution in [1.82, 2.24) is 5.32 Å². The molecule has 3 N–H and O–H groups in total. The lowest BCUT2D eigenvalue weighted by atomic mass is 10.2. The van der Waals surface area contributed by atoms with Gasteiger partial charge in [0.1, 0.15) is 0 Å². The van der Waals surface area contributed by atoms with Crippen molar-refractivity contribution in [2.24, 2.45) is 0 Å². The van der Waals surface area contributed by atoms with E-state index >= 15 is 0 Å². The van der Waals surface area contributed by atoms with E-state index in [1.54, 1.807) is 24.3 Å². The second-order valence-corrected chi connectivity index (χ2v) is 4.88. The van der Waals surface area contributed by atoms with Gasteiger partial charge in [-0.25, -0.2) is 0 Å². The molecular formula is C13H17ClF3NO3. The predicted octanol–water partition coefficient (Wildman–Crippen LogP) is 1.73. The summed E-state index contributed by atoms with van der Waals surface area (Å²) in [5, 5.41) is 21.1. The third kappa shape index (κ3) is 7.10. The standard InChI is InChI=1S/C13H17ClF3NO3/c14-11-4-2-1-3-9(11)7-21-8-10(19)5-18-6-12(20)13(15,16)17/h1-4,10,12,18-20H,5-8H2. The van der Waals surface area contributed by atoms with Crippen LogP contribution in [0.1, 0.15) is 5.56 Å². The van der Waals surface area contributed by atoms with Gasteiger partial charge in [-0.3, -0.25) is 0 Å². The van der Waals surface area contributed by atoms with E-state index in [4.69, 9.17) is 21.4 Å². The van der Waals surface area contributed by atoms with Crippen LogP contribution in [0.4, 0.5) is 13.2 Å². The number of rotatable bonds is 8. The van der Waals surface area contributed by atoms with Crippen LogP contribution >= 0.6 is 11.6 Å². The number of alkyl halides is 3. The molecule has 0 saturated heterocycles. The molecule has 2 atom stereocenters. The van der Waals surface area contributed by atoms with Gasteiger partial charge in [0, 0.05) is 18.1 Å². The van der Waals surface area contributed by atoms with Crippen LogP contribution in [-0.4, -0.2) is 48.3 Å². The zero-order valence-electron chi connectivity index (χ0n) is 11.1. The summed E-state index contributed by atoms with van der Waals surface area (Å²) >= 11 is 5.91. The average Bonchev–Trinajstić information content (AvgIpc) is 2.39. The molecule has 0 radical (unpaired) electrons. The molecule has 8 heteroatoms. The van der Waals surface area contributed by atoms with Crippen molar-refractivity contribution >= 4 is 11.6 Å². The fraction of sp³-hybridized carbons (Fsp3) is 0.538. The van der Waals surface area contributed by atoms with Crippen molar-refractivity contribution < 1.29 is 28.1 Å². The zero-order valence-corrected chi connectivity index (χ0v) is 11.9. The third-order valence-corrected chi connectivity index (χ3v) is 2.99. The predicted molar refractivity (Wildman–Crippen MR) is 72.0 cm³/mol. The van der Waals surface area contributed by atoms with Gasteiger partial charge in [0.05, 0.1) is 19.3 Å². The van der Waals surface area contributed by atoms with E-state index in [2.05, 4.69) is 5.32 Å². The first-order valence-electron chi connectivity index (χ1n) is 6.25. The Morgan fingerprint density at radius 1 is 1.19 bits per heavy atom. The molecule has 1 aromatic carbocycles. The number of hydrogen-bond donors (Lipinski definition) is 3. The van der Waals surface area contributed by atoms with Gasteiger partial charge in [0.15, 0.2) is 6.10 Å². The van der Waals surface area contributed by atoms with E-state index in [0.29, 0.717) is 5.02 Å². The molecule has 0 fully saturated rings. The van der Waals surface area contributed by atoms with Crippen LogP contribution in [0.25, 0.3) is 0 Å². The van der Waals surface area contributed by atoms with Gasteiger partial charge in [-0.15, -0.1) is 0 Å². The van der Waals surface area contributed by atoms with Crippen LogP contribution in [-0.2, 0) is 11.3 Å². The van der Waals surface area contributed by atoms with Gasteiger partial charge in [-0.05, 0) is 11.6 Å². The summed E-state index contributed by atoms with van der Waals surface area (Å²) in [5.41, 5.74) is 0.756. The molecule has 120 valence electrons. The minimum absolute atomic E-state index is 0.0552. The van der Waals surface area contributed by atoms with E-state index in [9.17, 15) is 18.3 Å². The number of aliphatic hydroxyl groups is 2. The van der Waals surface area contributed by atoms with Gasteiger partial charge in [0.25, 0.3) is 0 Å². The van der Waals surface area contributed by atoms with E-state index in [1.807, 2.05) is 0 Å². The molecule has 0 saturated carbocycles. The Kier molecular flexibility index (Phi) is 7.41. The second kappa shape index (κ2) is 8.55. The molecule has 2 unspecified atom stereocenters. The minimum atomic E-state index is -4.67. The van der Waals surface area contributed by atoms with Crippen molar-refractivity contribution in [2.45, 2.75) is 25.0 Å². The summed E-state index contributed by atoms with van der Waals surface area (Å²) in [5.74, 6) is 0. The van der Waals surface area contributed by atoms with Crippen molar-refractivity contribution in [2.75, 3.05) is 19.7 Å². The van der Waals surface area contributed by atoms with Gasteiger partial charge in [-0.2, -0.15) is 13.2 Å². The highest BCUT2D eigenvalue weighted by molar-refractivity contribution is 6.31. The van der Waals surface area contributed by atoms with E-state index in [1.165, 1.54) is 0 Å². The molecule has 0 aliphatic heterocycles. The van der Waals surface area contributed by atoms with E-state index < -0.39 is 24.9 Å². The first-order chi connectivity index (χ1) is 9.80. The largest absolute Gasteiger partial charge is 0.415 e. The average molecular weight is 328 g/mol. The molecule has 0 aliphatic carbocycles. The summed E-state index contributed by atoms with van der Waals surface area (Å²) in [4.78, 5) is 0. The highest BCUT2D eigenvalue weighted by Crippen LogP contribution is 2.19. The minimum Gasteiger partial charge on any atom is -0.389 e. The molecular weight excluding hydrogens is 311 g/mol. The monoisotopic (exact) mass is 327 g/mol. The zero-order chi connectivity index (χ0) is 15.9. The first-order valence-corrected chi connectivity index (χ1v) is 6.63. The molecule has 0 amide bonds. The number of hydrogen-bond acceptors (Lipinski definition) is 4. The molecule has 4 nitrogen and oxygen atoms in total. The maximum atomic E-state index is 12.0. The highest BCUT2D eigenvalue weighted by Gasteiger charge is 2.37. The van der Waals surface area contributed by atoms with Crippen molar-refractivity contribution in [3.05, 3.63) is 34.9 Å². The normalized spacial score (nSPS) is 15.0. The molecule has 0 aromatic heterocycles. The maximum Gasteiger partial charge on any atom is 0.415 e. The van der Waals surface area contributed by atoms with Crippen LogP contribution in [0.2, 0.25) is 5.02 Å². The number of benzene rings is 1. The first kappa shape index (κ1) is 18.2. The second-order valence-electron chi connectivity index (χ2n) is 4.48. The molecule has 1 rings (SSSR count). The Morgan fingerprint density at radius 3 is 2.48 bits per heavy atom. The van der Waals surface area contributed by atoms with Crippen molar-refractivity contribution in [1.29, 1.82) is 0 Å². The number of aliphatic hydroxyl groups excluding tert-OH is 2. The third-order valence-electron chi connectivity index (χ3n) is 2.62. The summed E-state index contributed by atoms with van der Waals surface area (Å²) in [6.07, 6.45) is -8.10. The van der Waals surface area contributed by atoms with Gasteiger partial charge < -0.3 is 20.3 Å². The van der Waals surface area contributed by atoms with E-state index in [0.717, 1.165) is 5.56 Å². The Balaban J connectivity index is 2.17. The van der Waals surface area contributed by atoms with Crippen LogP contribution in [0.5, 0.6) is 0 Å². The lowest BCUT2D eigenvalue weighted by molar-refractivity contribution is -0.202. The molecule has 0 bridgehead atoms. The van der Waals surface area contributed by atoms with E-state index in [-0.39, 0.29) is 19.8 Å². The van der Waals surface area contributed by atoms with Crippen LogP contribution < -0.4 is 5.32 Å². The van der Waals surface area contributed by atoms with Crippen molar-refractivity contribution in [3.63, 3.8) is 0 Å². The van der Waals surface area contributed by atoms with Crippen LogP contribution in [0.15, 0.2) is 24.3 Å². The molecule has 1 aromatic rings. The Morgan fingerprint density at radius 2 is 1.86 bits per heavy atom.